The summed E-state index contributed by atoms with van der Waals surface area (Å²) in [5.41, 5.74) is 16.4. The second-order valence-electron chi connectivity index (χ2n) is 12.5. The molecular weight excluding hydrogens is 480 g/mol. The third kappa shape index (κ3) is 3.02. The van der Waals surface area contributed by atoms with E-state index in [2.05, 4.69) is 149 Å². The molecular formula is C40H32. The third-order valence-corrected chi connectivity index (χ3v) is 9.62. The van der Waals surface area contributed by atoms with Crippen LogP contribution in [-0.4, -0.2) is 0 Å². The van der Waals surface area contributed by atoms with Crippen molar-refractivity contribution in [1.29, 1.82) is 0 Å². The predicted octanol–water partition coefficient (Wildman–Crippen LogP) is 10.8. The average molecular weight is 513 g/mol. The molecule has 6 aromatic carbocycles. The van der Waals surface area contributed by atoms with E-state index in [4.69, 9.17) is 0 Å². The molecule has 40 heavy (non-hydrogen) atoms. The molecule has 2 aliphatic rings. The van der Waals surface area contributed by atoms with Gasteiger partial charge in [-0.2, -0.15) is 0 Å². The van der Waals surface area contributed by atoms with Crippen LogP contribution in [0.25, 0.3) is 55.3 Å². The summed E-state index contributed by atoms with van der Waals surface area (Å²) in [5.74, 6) is 0. The lowest BCUT2D eigenvalue weighted by Crippen LogP contribution is -2.24. The molecule has 0 N–H and O–H groups in total. The molecule has 0 amide bonds. The Hall–Kier alpha value is -4.42. The predicted molar refractivity (Wildman–Crippen MR) is 170 cm³/mol. The van der Waals surface area contributed by atoms with Crippen molar-refractivity contribution >= 4 is 10.8 Å². The van der Waals surface area contributed by atoms with E-state index in [0.29, 0.717) is 0 Å². The minimum absolute atomic E-state index is 0.0990. The largest absolute Gasteiger partial charge is 0.0622 e. The first-order chi connectivity index (χ1) is 19.4. The van der Waals surface area contributed by atoms with Gasteiger partial charge in [0.05, 0.1) is 0 Å². The van der Waals surface area contributed by atoms with Gasteiger partial charge in [-0.3, -0.25) is 0 Å². The third-order valence-electron chi connectivity index (χ3n) is 9.62. The summed E-state index contributed by atoms with van der Waals surface area (Å²) >= 11 is 0. The Kier molecular flexibility index (Phi) is 4.73. The van der Waals surface area contributed by atoms with Gasteiger partial charge in [0.25, 0.3) is 0 Å². The monoisotopic (exact) mass is 512 g/mol. The number of hydrogen-bond donors (Lipinski definition) is 0. The van der Waals surface area contributed by atoms with Crippen LogP contribution in [0.4, 0.5) is 0 Å². The molecule has 8 rings (SSSR count). The molecule has 0 heteroatoms. The highest BCUT2D eigenvalue weighted by atomic mass is 14.5. The van der Waals surface area contributed by atoms with Gasteiger partial charge in [0.1, 0.15) is 0 Å². The summed E-state index contributed by atoms with van der Waals surface area (Å²) in [6.07, 6.45) is 0. The fourth-order valence-electron chi connectivity index (χ4n) is 7.72. The molecule has 0 spiro atoms. The molecule has 0 aromatic heterocycles. The smallest absolute Gasteiger partial charge is 0.0162 e. The van der Waals surface area contributed by atoms with E-state index in [0.717, 1.165) is 0 Å². The Morgan fingerprint density at radius 2 is 0.925 bits per heavy atom. The summed E-state index contributed by atoms with van der Waals surface area (Å²) in [7, 11) is 0. The molecule has 0 atom stereocenters. The van der Waals surface area contributed by atoms with Crippen molar-refractivity contribution in [2.24, 2.45) is 0 Å². The van der Waals surface area contributed by atoms with Crippen LogP contribution in [0.1, 0.15) is 49.9 Å². The van der Waals surface area contributed by atoms with Gasteiger partial charge in [-0.05, 0) is 89.7 Å². The summed E-state index contributed by atoms with van der Waals surface area (Å²) in [6, 6.07) is 45.0. The highest BCUT2D eigenvalue weighted by Gasteiger charge is 2.46. The van der Waals surface area contributed by atoms with Gasteiger partial charge < -0.3 is 0 Å². The lowest BCUT2D eigenvalue weighted by Gasteiger charge is -2.31. The first-order valence-corrected chi connectivity index (χ1v) is 14.4. The van der Waals surface area contributed by atoms with Gasteiger partial charge in [0.15, 0.2) is 0 Å². The molecule has 0 unspecified atom stereocenters. The van der Waals surface area contributed by atoms with Crippen LogP contribution in [0.3, 0.4) is 0 Å². The maximum atomic E-state index is 2.49. The summed E-state index contributed by atoms with van der Waals surface area (Å²) in [4.78, 5) is 0. The topological polar surface area (TPSA) is 0 Å². The zero-order valence-electron chi connectivity index (χ0n) is 23.5. The fourth-order valence-corrected chi connectivity index (χ4v) is 7.72. The van der Waals surface area contributed by atoms with E-state index in [9.17, 15) is 0 Å². The van der Waals surface area contributed by atoms with E-state index in [1.54, 1.807) is 0 Å². The van der Waals surface area contributed by atoms with Crippen molar-refractivity contribution < 1.29 is 0 Å². The van der Waals surface area contributed by atoms with Crippen LogP contribution in [-0.2, 0) is 10.8 Å². The molecule has 192 valence electrons. The number of fused-ring (bicyclic) bond motifs is 9. The lowest BCUT2D eigenvalue weighted by molar-refractivity contribution is 0.601. The van der Waals surface area contributed by atoms with Crippen LogP contribution in [0.15, 0.2) is 121 Å². The van der Waals surface area contributed by atoms with Crippen molar-refractivity contribution in [3.8, 4) is 44.5 Å². The van der Waals surface area contributed by atoms with E-state index in [1.165, 1.54) is 77.5 Å². The van der Waals surface area contributed by atoms with Crippen molar-refractivity contribution in [2.45, 2.75) is 38.5 Å². The SMILES string of the molecule is CC1(C)c2cc(-c3ccccc3)ccc2-c2ccc3c(c21)C(C)(C)c1cc(-c2ccccc2)c2ccccc2c1-3. The molecule has 2 aliphatic carbocycles. The van der Waals surface area contributed by atoms with Crippen LogP contribution >= 0.6 is 0 Å². The summed E-state index contributed by atoms with van der Waals surface area (Å²) < 4.78 is 0. The molecule has 0 radical (unpaired) electrons. The van der Waals surface area contributed by atoms with Crippen molar-refractivity contribution in [3.05, 3.63) is 144 Å². The quantitative estimate of drug-likeness (QED) is 0.216. The first kappa shape index (κ1) is 23.5. The number of rotatable bonds is 2. The molecule has 6 aromatic rings. The Morgan fingerprint density at radius 3 is 1.65 bits per heavy atom. The van der Waals surface area contributed by atoms with Gasteiger partial charge >= 0.3 is 0 Å². The van der Waals surface area contributed by atoms with Crippen molar-refractivity contribution in [3.63, 3.8) is 0 Å². The van der Waals surface area contributed by atoms with E-state index >= 15 is 0 Å². The lowest BCUT2D eigenvalue weighted by atomic mass is 9.72. The Labute approximate surface area is 237 Å². The van der Waals surface area contributed by atoms with Crippen molar-refractivity contribution in [1.82, 2.24) is 0 Å². The molecule has 0 fully saturated rings. The Balaban J connectivity index is 1.39. The van der Waals surface area contributed by atoms with Crippen molar-refractivity contribution in [2.75, 3.05) is 0 Å². The first-order valence-electron chi connectivity index (χ1n) is 14.4. The highest BCUT2D eigenvalue weighted by molar-refractivity contribution is 6.10. The molecule has 0 saturated carbocycles. The molecule has 0 heterocycles. The van der Waals surface area contributed by atoms with Crippen LogP contribution in [0.5, 0.6) is 0 Å². The standard InChI is InChI=1S/C40H32/c1-39(2)34-23-27(25-13-7-5-8-14-25)19-20-29(34)31-21-22-32-36-30-18-12-11-17-28(30)33(26-15-9-6-10-16-26)24-35(36)40(3,4)38(32)37(31)39/h5-24H,1-4H3. The molecule has 0 bridgehead atoms. The fraction of sp³-hybridized carbons (Fsp3) is 0.150. The second kappa shape index (κ2) is 8.05. The molecule has 0 saturated heterocycles. The normalized spacial score (nSPS) is 15.4. The molecule has 0 nitrogen and oxygen atoms in total. The minimum Gasteiger partial charge on any atom is -0.0622 e. The zero-order chi connectivity index (χ0) is 27.2. The second-order valence-corrected chi connectivity index (χ2v) is 12.5. The minimum atomic E-state index is -0.120. The van der Waals surface area contributed by atoms with Gasteiger partial charge in [0.2, 0.25) is 0 Å². The number of benzene rings is 6. The van der Waals surface area contributed by atoms with Crippen LogP contribution < -0.4 is 0 Å². The average Bonchev–Trinajstić information content (AvgIpc) is 3.36. The maximum absolute atomic E-state index is 2.49. The van der Waals surface area contributed by atoms with Gasteiger partial charge in [0, 0.05) is 10.8 Å². The van der Waals surface area contributed by atoms with E-state index < -0.39 is 0 Å². The number of hydrogen-bond acceptors (Lipinski definition) is 0. The van der Waals surface area contributed by atoms with Gasteiger partial charge in [-0.15, -0.1) is 0 Å². The van der Waals surface area contributed by atoms with E-state index in [1.807, 2.05) is 0 Å². The summed E-state index contributed by atoms with van der Waals surface area (Å²) in [6.45, 7) is 9.74. The van der Waals surface area contributed by atoms with E-state index in [-0.39, 0.29) is 10.8 Å². The van der Waals surface area contributed by atoms with Gasteiger partial charge in [-0.1, -0.05) is 137 Å². The Morgan fingerprint density at radius 1 is 0.375 bits per heavy atom. The highest BCUT2D eigenvalue weighted by Crippen LogP contribution is 2.60. The van der Waals surface area contributed by atoms with Crippen LogP contribution in [0, 0.1) is 0 Å². The maximum Gasteiger partial charge on any atom is 0.0162 e. The summed E-state index contributed by atoms with van der Waals surface area (Å²) in [5, 5.41) is 2.68. The molecule has 0 aliphatic heterocycles. The van der Waals surface area contributed by atoms with Crippen LogP contribution in [0.2, 0.25) is 0 Å². The Bertz CT molecular complexity index is 1970. The zero-order valence-corrected chi connectivity index (χ0v) is 23.5. The van der Waals surface area contributed by atoms with Gasteiger partial charge in [-0.25, -0.2) is 0 Å².